The predicted octanol–water partition coefficient (Wildman–Crippen LogP) is 1.92. The number of hydrogen-bond acceptors (Lipinski definition) is 5. The molecule has 0 spiro atoms. The monoisotopic (exact) mass is 353 g/mol. The number of ether oxygens (including phenoxy) is 1. The smallest absolute Gasteiger partial charge is 0.310 e. The van der Waals surface area contributed by atoms with Crippen LogP contribution in [-0.2, 0) is 24.2 Å². The van der Waals surface area contributed by atoms with Crippen molar-refractivity contribution in [3.05, 3.63) is 28.8 Å². The van der Waals surface area contributed by atoms with Crippen LogP contribution < -0.4 is 5.32 Å². The summed E-state index contributed by atoms with van der Waals surface area (Å²) in [5, 5.41) is 2.78. The highest BCUT2D eigenvalue weighted by atomic mass is 32.2. The molecule has 1 amide bonds. The average Bonchev–Trinajstić information content (AvgIpc) is 2.82. The van der Waals surface area contributed by atoms with Gasteiger partial charge in [0.15, 0.2) is 15.9 Å². The molecular weight excluding hydrogens is 330 g/mol. The van der Waals surface area contributed by atoms with E-state index in [1.807, 2.05) is 32.9 Å². The molecule has 0 saturated carbocycles. The van der Waals surface area contributed by atoms with Crippen molar-refractivity contribution >= 4 is 27.4 Å². The van der Waals surface area contributed by atoms with Crippen LogP contribution in [0.1, 0.15) is 30.0 Å². The lowest BCUT2D eigenvalue weighted by molar-refractivity contribution is -0.156. The Labute approximate surface area is 142 Å². The van der Waals surface area contributed by atoms with Crippen molar-refractivity contribution in [1.29, 1.82) is 0 Å². The summed E-state index contributed by atoms with van der Waals surface area (Å²) in [4.78, 5) is 24.3. The molecule has 1 fully saturated rings. The minimum absolute atomic E-state index is 0.00486. The maximum atomic E-state index is 12.3. The Bertz CT molecular complexity index is 746. The summed E-state index contributed by atoms with van der Waals surface area (Å²) in [6.07, 6.45) is -0.730. The minimum atomic E-state index is -3.16. The van der Waals surface area contributed by atoms with Gasteiger partial charge in [-0.1, -0.05) is 17.7 Å². The zero-order valence-electron chi connectivity index (χ0n) is 14.4. The van der Waals surface area contributed by atoms with E-state index < -0.39 is 33.7 Å². The predicted molar refractivity (Wildman–Crippen MR) is 91.6 cm³/mol. The Balaban J connectivity index is 1.99. The number of sulfone groups is 1. The summed E-state index contributed by atoms with van der Waals surface area (Å²) >= 11 is 0. The maximum absolute atomic E-state index is 12.3. The molecule has 7 heteroatoms. The van der Waals surface area contributed by atoms with Crippen LogP contribution in [0.15, 0.2) is 12.1 Å². The second-order valence-corrected chi connectivity index (χ2v) is 8.67. The van der Waals surface area contributed by atoms with E-state index in [-0.39, 0.29) is 17.9 Å². The Morgan fingerprint density at radius 2 is 1.79 bits per heavy atom. The van der Waals surface area contributed by atoms with Crippen molar-refractivity contribution in [1.82, 2.24) is 0 Å². The number of aryl methyl sites for hydroxylation is 3. The van der Waals surface area contributed by atoms with Gasteiger partial charge in [-0.25, -0.2) is 8.42 Å². The molecule has 1 aliphatic heterocycles. The number of amides is 1. The van der Waals surface area contributed by atoms with Gasteiger partial charge in [0.2, 0.25) is 0 Å². The summed E-state index contributed by atoms with van der Waals surface area (Å²) in [6, 6.07) is 3.92. The van der Waals surface area contributed by atoms with E-state index in [9.17, 15) is 18.0 Å². The van der Waals surface area contributed by atoms with Gasteiger partial charge in [-0.2, -0.15) is 0 Å². The average molecular weight is 353 g/mol. The second kappa shape index (κ2) is 6.93. The Morgan fingerprint density at radius 3 is 2.29 bits per heavy atom. The fourth-order valence-electron chi connectivity index (χ4n) is 2.91. The summed E-state index contributed by atoms with van der Waals surface area (Å²) < 4.78 is 28.0. The number of anilines is 1. The van der Waals surface area contributed by atoms with Crippen LogP contribution in [0.5, 0.6) is 0 Å². The first-order chi connectivity index (χ1) is 11.1. The molecule has 1 heterocycles. The van der Waals surface area contributed by atoms with Gasteiger partial charge in [0.1, 0.15) is 0 Å². The van der Waals surface area contributed by atoms with Crippen LogP contribution in [0, 0.1) is 26.7 Å². The van der Waals surface area contributed by atoms with Crippen molar-refractivity contribution in [3.8, 4) is 0 Å². The van der Waals surface area contributed by atoms with Gasteiger partial charge in [0.25, 0.3) is 5.91 Å². The molecule has 1 aromatic carbocycles. The number of carbonyl (C=O) groups excluding carboxylic acids is 2. The van der Waals surface area contributed by atoms with E-state index >= 15 is 0 Å². The van der Waals surface area contributed by atoms with Gasteiger partial charge in [-0.05, 0) is 45.2 Å². The molecule has 0 bridgehead atoms. The molecule has 1 aromatic rings. The van der Waals surface area contributed by atoms with Crippen molar-refractivity contribution < 1.29 is 22.7 Å². The van der Waals surface area contributed by atoms with Crippen LogP contribution in [0.25, 0.3) is 0 Å². The van der Waals surface area contributed by atoms with Gasteiger partial charge in [-0.3, -0.25) is 9.59 Å². The third-order valence-electron chi connectivity index (χ3n) is 4.15. The van der Waals surface area contributed by atoms with Gasteiger partial charge < -0.3 is 10.1 Å². The third-order valence-corrected chi connectivity index (χ3v) is 5.92. The van der Waals surface area contributed by atoms with E-state index in [2.05, 4.69) is 5.32 Å². The topological polar surface area (TPSA) is 89.5 Å². The van der Waals surface area contributed by atoms with E-state index in [4.69, 9.17) is 4.74 Å². The quantitative estimate of drug-likeness (QED) is 0.835. The first-order valence-corrected chi connectivity index (χ1v) is 9.71. The molecule has 0 aliphatic carbocycles. The second-order valence-electron chi connectivity index (χ2n) is 6.44. The lowest BCUT2D eigenvalue weighted by Crippen LogP contribution is -2.33. The number of nitrogens with one attached hydrogen (secondary N) is 1. The van der Waals surface area contributed by atoms with Crippen molar-refractivity contribution in [2.45, 2.75) is 40.2 Å². The van der Waals surface area contributed by atoms with Crippen LogP contribution >= 0.6 is 0 Å². The zero-order valence-corrected chi connectivity index (χ0v) is 15.2. The molecule has 6 nitrogen and oxygen atoms in total. The van der Waals surface area contributed by atoms with E-state index in [0.29, 0.717) is 5.69 Å². The largest absolute Gasteiger partial charge is 0.452 e. The van der Waals surface area contributed by atoms with Gasteiger partial charge in [-0.15, -0.1) is 0 Å². The number of benzene rings is 1. The summed E-state index contributed by atoms with van der Waals surface area (Å²) in [5.74, 6) is -1.94. The third kappa shape index (κ3) is 4.35. The van der Waals surface area contributed by atoms with Crippen molar-refractivity contribution in [2.75, 3.05) is 16.8 Å². The van der Waals surface area contributed by atoms with Crippen molar-refractivity contribution in [3.63, 3.8) is 0 Å². The fraction of sp³-hybridized carbons (Fsp3) is 0.529. The highest BCUT2D eigenvalue weighted by Gasteiger charge is 2.35. The molecule has 2 rings (SSSR count). The molecule has 132 valence electrons. The van der Waals surface area contributed by atoms with Crippen LogP contribution in [0.3, 0.4) is 0 Å². The highest BCUT2D eigenvalue weighted by molar-refractivity contribution is 7.91. The standard InChI is InChI=1S/C17H23NO5S/c1-10-7-11(2)15(12(3)8-10)18-16(19)13(4)23-17(20)14-5-6-24(21,22)9-14/h7-8,13-14H,5-6,9H2,1-4H3,(H,18,19). The maximum Gasteiger partial charge on any atom is 0.310 e. The number of hydrogen-bond donors (Lipinski definition) is 1. The number of esters is 1. The highest BCUT2D eigenvalue weighted by Crippen LogP contribution is 2.23. The molecular formula is C17H23NO5S. The first-order valence-electron chi connectivity index (χ1n) is 7.88. The van der Waals surface area contributed by atoms with Crippen LogP contribution in [-0.4, -0.2) is 37.9 Å². The molecule has 1 aliphatic rings. The lowest BCUT2D eigenvalue weighted by atomic mass is 10.0. The number of carbonyl (C=O) groups is 2. The van der Waals surface area contributed by atoms with Crippen molar-refractivity contribution in [2.24, 2.45) is 5.92 Å². The normalized spacial score (nSPS) is 20.4. The molecule has 0 radical (unpaired) electrons. The minimum Gasteiger partial charge on any atom is -0.452 e. The van der Waals surface area contributed by atoms with Crippen LogP contribution in [0.4, 0.5) is 5.69 Å². The van der Waals surface area contributed by atoms with Crippen LogP contribution in [0.2, 0.25) is 0 Å². The van der Waals surface area contributed by atoms with E-state index in [0.717, 1.165) is 16.7 Å². The van der Waals surface area contributed by atoms with Gasteiger partial charge in [0, 0.05) is 5.69 Å². The SMILES string of the molecule is Cc1cc(C)c(NC(=O)C(C)OC(=O)C2CCS(=O)(=O)C2)c(C)c1. The fourth-order valence-corrected chi connectivity index (χ4v) is 4.63. The number of rotatable bonds is 4. The summed E-state index contributed by atoms with van der Waals surface area (Å²) in [7, 11) is -3.16. The van der Waals surface area contributed by atoms with E-state index in [1.165, 1.54) is 6.92 Å². The molecule has 1 N–H and O–H groups in total. The Hall–Kier alpha value is -1.89. The lowest BCUT2D eigenvalue weighted by Gasteiger charge is -2.18. The molecule has 0 aromatic heterocycles. The summed E-state index contributed by atoms with van der Waals surface area (Å²) in [5.41, 5.74) is 3.67. The molecule has 24 heavy (non-hydrogen) atoms. The van der Waals surface area contributed by atoms with Gasteiger partial charge >= 0.3 is 5.97 Å². The first kappa shape index (κ1) is 18.4. The molecule has 1 saturated heterocycles. The summed E-state index contributed by atoms with van der Waals surface area (Å²) in [6.45, 7) is 7.26. The Morgan fingerprint density at radius 1 is 1.21 bits per heavy atom. The van der Waals surface area contributed by atoms with Gasteiger partial charge in [0.05, 0.1) is 17.4 Å². The van der Waals surface area contributed by atoms with E-state index in [1.54, 1.807) is 0 Å². The molecule has 2 atom stereocenters. The zero-order chi connectivity index (χ0) is 18.1. The molecule has 2 unspecified atom stereocenters. The Kier molecular flexibility index (Phi) is 5.32.